The van der Waals surface area contributed by atoms with Gasteiger partial charge in [0.05, 0.1) is 11.9 Å². The highest BCUT2D eigenvalue weighted by molar-refractivity contribution is 7.63. The zero-order valence-corrected chi connectivity index (χ0v) is 3.96. The topological polar surface area (TPSA) is 29.1 Å². The molecule has 0 unspecified atom stereocenters. The molecule has 0 aromatic rings. The van der Waals surface area contributed by atoms with Gasteiger partial charge in [0, 0.05) is 6.54 Å². The Labute approximate surface area is 35.2 Å². The zero-order chi connectivity index (χ0) is 4.12. The molecule has 0 heterocycles. The molecule has 0 radical (unpaired) electrons. The van der Waals surface area contributed by atoms with Gasteiger partial charge in [0.1, 0.15) is 0 Å². The van der Waals surface area contributed by atoms with E-state index in [4.69, 9.17) is 0 Å². The SMILES string of the molecule is CCN[SH]=O. The molecule has 5 heavy (non-hydrogen) atoms. The molecule has 3 heteroatoms. The molecule has 0 saturated heterocycles. The summed E-state index contributed by atoms with van der Waals surface area (Å²) in [6, 6.07) is 0. The third-order valence-electron chi connectivity index (χ3n) is 0.223. The summed E-state index contributed by atoms with van der Waals surface area (Å²) < 4.78 is 11.9. The maximum absolute atomic E-state index is 9.39. The number of hydrogen-bond donors (Lipinski definition) is 2. The number of rotatable bonds is 2. The third-order valence-corrected chi connectivity index (χ3v) is 0.668. The molecule has 0 saturated carbocycles. The number of hydrogen-bond acceptors (Lipinski definition) is 1. The second kappa shape index (κ2) is 4.11. The molecule has 0 aromatic heterocycles. The van der Waals surface area contributed by atoms with Crippen molar-refractivity contribution in [3.63, 3.8) is 0 Å². The largest absolute Gasteiger partial charge is 0.246 e. The molecule has 0 aliphatic carbocycles. The Morgan fingerprint density at radius 1 is 2.00 bits per heavy atom. The highest BCUT2D eigenvalue weighted by Gasteiger charge is 1.59. The molecule has 0 amide bonds. The van der Waals surface area contributed by atoms with Crippen molar-refractivity contribution in [2.45, 2.75) is 6.92 Å². The van der Waals surface area contributed by atoms with Crippen molar-refractivity contribution < 1.29 is 4.21 Å². The van der Waals surface area contributed by atoms with Crippen LogP contribution in [0.25, 0.3) is 0 Å². The summed E-state index contributed by atoms with van der Waals surface area (Å²) in [5.41, 5.74) is 0. The molecule has 0 aromatic carbocycles. The van der Waals surface area contributed by atoms with E-state index in [-0.39, 0.29) is 11.9 Å². The van der Waals surface area contributed by atoms with Crippen LogP contribution in [0.5, 0.6) is 0 Å². The molecule has 0 atom stereocenters. The highest BCUT2D eigenvalue weighted by atomic mass is 32.2. The van der Waals surface area contributed by atoms with Crippen LogP contribution in [0.3, 0.4) is 0 Å². The Kier molecular flexibility index (Phi) is 4.20. The van der Waals surface area contributed by atoms with Crippen LogP contribution in [0.4, 0.5) is 0 Å². The maximum Gasteiger partial charge on any atom is 0.0780 e. The molecular weight excluding hydrogens is 86.1 g/mol. The van der Waals surface area contributed by atoms with Crippen molar-refractivity contribution >= 4 is 11.9 Å². The van der Waals surface area contributed by atoms with Crippen molar-refractivity contribution in [1.82, 2.24) is 4.72 Å². The van der Waals surface area contributed by atoms with Gasteiger partial charge in [-0.3, -0.25) is 0 Å². The minimum absolute atomic E-state index is 0.0297. The van der Waals surface area contributed by atoms with E-state index in [1.54, 1.807) is 0 Å². The average Bonchev–Trinajstić information content (AvgIpc) is 1.41. The summed E-state index contributed by atoms with van der Waals surface area (Å²) in [5.74, 6) is 0. The first-order chi connectivity index (χ1) is 2.41. The fourth-order valence-corrected chi connectivity index (χ4v) is 0.194. The Bertz CT molecular complexity index is 30.8. The number of thiol groups is 1. The quantitative estimate of drug-likeness (QED) is 0.441. The van der Waals surface area contributed by atoms with Crippen molar-refractivity contribution in [2.75, 3.05) is 6.54 Å². The van der Waals surface area contributed by atoms with Gasteiger partial charge in [-0.05, 0) is 0 Å². The van der Waals surface area contributed by atoms with Gasteiger partial charge in [0.15, 0.2) is 0 Å². The fraction of sp³-hybridized carbons (Fsp3) is 1.00. The average molecular weight is 93.2 g/mol. The first-order valence-electron chi connectivity index (χ1n) is 1.47. The minimum Gasteiger partial charge on any atom is -0.246 e. The Morgan fingerprint density at radius 2 is 2.60 bits per heavy atom. The zero-order valence-electron chi connectivity index (χ0n) is 3.06. The van der Waals surface area contributed by atoms with E-state index in [1.165, 1.54) is 0 Å². The van der Waals surface area contributed by atoms with Gasteiger partial charge in [0.25, 0.3) is 0 Å². The van der Waals surface area contributed by atoms with Crippen LogP contribution in [0.15, 0.2) is 0 Å². The standard InChI is InChI=1S/C2H7NOS/c1-2-3-5-4/h5H,2H2,1H3,(H,3,4). The molecule has 0 bridgehead atoms. The fourth-order valence-electron chi connectivity index (χ4n) is 0.0645. The van der Waals surface area contributed by atoms with E-state index < -0.39 is 0 Å². The van der Waals surface area contributed by atoms with Gasteiger partial charge in [-0.2, -0.15) is 0 Å². The molecule has 1 N–H and O–H groups in total. The smallest absolute Gasteiger partial charge is 0.0780 e. The van der Waals surface area contributed by atoms with E-state index >= 15 is 0 Å². The molecule has 0 aliphatic heterocycles. The Balaban J connectivity index is 2.40. The monoisotopic (exact) mass is 93.0 g/mol. The van der Waals surface area contributed by atoms with Gasteiger partial charge in [-0.15, -0.1) is 0 Å². The molecule has 2 nitrogen and oxygen atoms in total. The summed E-state index contributed by atoms with van der Waals surface area (Å²) in [6.45, 7) is 2.66. The highest BCUT2D eigenvalue weighted by Crippen LogP contribution is 1.41. The van der Waals surface area contributed by atoms with Crippen LogP contribution in [0, 0.1) is 0 Å². The van der Waals surface area contributed by atoms with Crippen molar-refractivity contribution in [3.8, 4) is 0 Å². The first kappa shape index (κ1) is 5.11. The van der Waals surface area contributed by atoms with Crippen LogP contribution in [0.2, 0.25) is 0 Å². The van der Waals surface area contributed by atoms with Crippen LogP contribution in [0.1, 0.15) is 6.92 Å². The molecule has 32 valence electrons. The summed E-state index contributed by atoms with van der Waals surface area (Å²) in [4.78, 5) is 0. The molecule has 0 spiro atoms. The third kappa shape index (κ3) is 4.11. The summed E-state index contributed by atoms with van der Waals surface area (Å²) in [6.07, 6.45) is 0. The van der Waals surface area contributed by atoms with Gasteiger partial charge < -0.3 is 0 Å². The minimum atomic E-state index is 0.0297. The molecule has 0 rings (SSSR count). The predicted octanol–water partition coefficient (Wildman–Crippen LogP) is -0.544. The Hall–Kier alpha value is 0.110. The lowest BCUT2D eigenvalue weighted by molar-refractivity contribution is 0.686. The normalized spacial score (nSPS) is 8.20. The lowest BCUT2D eigenvalue weighted by Gasteiger charge is -1.76. The van der Waals surface area contributed by atoms with E-state index in [0.717, 1.165) is 6.54 Å². The van der Waals surface area contributed by atoms with Crippen LogP contribution in [-0.4, -0.2) is 10.8 Å². The van der Waals surface area contributed by atoms with Crippen LogP contribution < -0.4 is 4.72 Å². The predicted molar refractivity (Wildman–Crippen MR) is 23.2 cm³/mol. The summed E-state index contributed by atoms with van der Waals surface area (Å²) in [7, 11) is 0. The lowest BCUT2D eigenvalue weighted by atomic mass is 10.8. The first-order valence-corrected chi connectivity index (χ1v) is 2.28. The van der Waals surface area contributed by atoms with Crippen molar-refractivity contribution in [3.05, 3.63) is 0 Å². The summed E-state index contributed by atoms with van der Waals surface area (Å²) >= 11 is 0.0297. The van der Waals surface area contributed by atoms with E-state index in [2.05, 4.69) is 4.72 Å². The lowest BCUT2D eigenvalue weighted by Crippen LogP contribution is -2.02. The van der Waals surface area contributed by atoms with E-state index in [1.807, 2.05) is 6.92 Å². The van der Waals surface area contributed by atoms with Gasteiger partial charge in [-0.25, -0.2) is 8.93 Å². The Morgan fingerprint density at radius 3 is 2.60 bits per heavy atom. The van der Waals surface area contributed by atoms with Gasteiger partial charge in [0.2, 0.25) is 0 Å². The second-order valence-corrected chi connectivity index (χ2v) is 1.10. The van der Waals surface area contributed by atoms with Crippen LogP contribution in [-0.2, 0) is 11.9 Å². The van der Waals surface area contributed by atoms with E-state index in [9.17, 15) is 4.21 Å². The van der Waals surface area contributed by atoms with Crippen LogP contribution >= 0.6 is 0 Å². The molecule has 0 fully saturated rings. The summed E-state index contributed by atoms with van der Waals surface area (Å²) in [5, 5.41) is 0. The molecular formula is C2H7NOS. The number of nitrogens with one attached hydrogen (secondary N) is 1. The maximum atomic E-state index is 9.39. The van der Waals surface area contributed by atoms with Gasteiger partial charge >= 0.3 is 0 Å². The van der Waals surface area contributed by atoms with E-state index in [0.29, 0.717) is 0 Å². The van der Waals surface area contributed by atoms with Crippen molar-refractivity contribution in [2.24, 2.45) is 0 Å². The second-order valence-electron chi connectivity index (χ2n) is 0.603. The van der Waals surface area contributed by atoms with Crippen molar-refractivity contribution in [1.29, 1.82) is 0 Å². The van der Waals surface area contributed by atoms with Gasteiger partial charge in [-0.1, -0.05) is 6.92 Å². The molecule has 0 aliphatic rings.